The number of carbonyl (C=O) groups excluding carboxylic acids is 1. The van der Waals surface area contributed by atoms with E-state index in [1.165, 1.54) is 0 Å². The number of aromatic carboxylic acids is 2. The van der Waals surface area contributed by atoms with E-state index >= 15 is 0 Å². The summed E-state index contributed by atoms with van der Waals surface area (Å²) in [5.41, 5.74) is -0.766. The van der Waals surface area contributed by atoms with Crippen LogP contribution in [0.3, 0.4) is 0 Å². The van der Waals surface area contributed by atoms with Crippen molar-refractivity contribution in [3.05, 3.63) is 34.9 Å². The van der Waals surface area contributed by atoms with Gasteiger partial charge in [-0.25, -0.2) is 9.59 Å². The monoisotopic (exact) mass is 253 g/mol. The van der Waals surface area contributed by atoms with Crippen LogP contribution in [0.2, 0.25) is 0 Å². The van der Waals surface area contributed by atoms with E-state index in [1.54, 1.807) is 0 Å². The molecule has 7 nitrogen and oxygen atoms in total. The normalized spacial score (nSPS) is 9.83. The summed E-state index contributed by atoms with van der Waals surface area (Å²) in [6.45, 7) is -0.292. The molecule has 0 radical (unpaired) electrons. The zero-order valence-electron chi connectivity index (χ0n) is 9.21. The van der Waals surface area contributed by atoms with Crippen LogP contribution >= 0.6 is 0 Å². The van der Waals surface area contributed by atoms with E-state index in [9.17, 15) is 14.4 Å². The van der Waals surface area contributed by atoms with Gasteiger partial charge in [-0.3, -0.25) is 4.79 Å². The first kappa shape index (κ1) is 13.7. The zero-order chi connectivity index (χ0) is 13.7. The SMILES string of the molecule is O=C(O)c1ccc(C(=O)NCCO)c(C(=O)O)c1. The number of hydrogen-bond donors (Lipinski definition) is 4. The van der Waals surface area contributed by atoms with Crippen LogP contribution in [0.5, 0.6) is 0 Å². The molecule has 0 unspecified atom stereocenters. The summed E-state index contributed by atoms with van der Waals surface area (Å²) >= 11 is 0. The third kappa shape index (κ3) is 3.05. The molecule has 1 aromatic rings. The number of carboxylic acids is 2. The van der Waals surface area contributed by atoms with Crippen molar-refractivity contribution < 1.29 is 29.7 Å². The maximum atomic E-state index is 11.6. The topological polar surface area (TPSA) is 124 Å². The summed E-state index contributed by atoms with van der Waals surface area (Å²) in [6, 6.07) is 3.18. The van der Waals surface area contributed by atoms with E-state index in [-0.39, 0.29) is 24.3 Å². The Morgan fingerprint density at radius 3 is 2.22 bits per heavy atom. The molecule has 0 saturated carbocycles. The van der Waals surface area contributed by atoms with Gasteiger partial charge in [0.25, 0.3) is 5.91 Å². The van der Waals surface area contributed by atoms with Crippen molar-refractivity contribution >= 4 is 17.8 Å². The van der Waals surface area contributed by atoms with Gasteiger partial charge < -0.3 is 20.6 Å². The highest BCUT2D eigenvalue weighted by atomic mass is 16.4. The molecule has 18 heavy (non-hydrogen) atoms. The van der Waals surface area contributed by atoms with Gasteiger partial charge in [-0.1, -0.05) is 0 Å². The first-order chi connectivity index (χ1) is 8.47. The maximum Gasteiger partial charge on any atom is 0.336 e. The van der Waals surface area contributed by atoms with Crippen molar-refractivity contribution in [2.45, 2.75) is 0 Å². The Balaban J connectivity index is 3.15. The summed E-state index contributed by atoms with van der Waals surface area (Å²) in [5.74, 6) is -3.36. The van der Waals surface area contributed by atoms with Crippen LogP contribution in [0.4, 0.5) is 0 Å². The van der Waals surface area contributed by atoms with Crippen LogP contribution in [0, 0.1) is 0 Å². The second-order valence-corrected chi connectivity index (χ2v) is 3.35. The number of hydrogen-bond acceptors (Lipinski definition) is 4. The summed E-state index contributed by atoms with van der Waals surface area (Å²) in [5, 5.41) is 28.5. The molecule has 0 aromatic heterocycles. The van der Waals surface area contributed by atoms with Crippen molar-refractivity contribution in [2.75, 3.05) is 13.2 Å². The average Bonchev–Trinajstić information content (AvgIpc) is 2.34. The van der Waals surface area contributed by atoms with Crippen molar-refractivity contribution in [3.63, 3.8) is 0 Å². The number of amides is 1. The maximum absolute atomic E-state index is 11.6. The standard InChI is InChI=1S/C11H11NO6/c13-4-3-12-9(14)7-2-1-6(10(15)16)5-8(7)11(17)18/h1-2,5,13H,3-4H2,(H,12,14)(H,15,16)(H,17,18). The first-order valence-electron chi connectivity index (χ1n) is 4.97. The molecule has 0 aliphatic rings. The number of benzene rings is 1. The van der Waals surface area contributed by atoms with Gasteiger partial charge in [-0.2, -0.15) is 0 Å². The van der Waals surface area contributed by atoms with Crippen LogP contribution < -0.4 is 5.32 Å². The average molecular weight is 253 g/mol. The molecule has 96 valence electrons. The van der Waals surface area contributed by atoms with Gasteiger partial charge in [0.1, 0.15) is 0 Å². The highest BCUT2D eigenvalue weighted by Crippen LogP contribution is 2.12. The van der Waals surface area contributed by atoms with Gasteiger partial charge in [-0.15, -0.1) is 0 Å². The van der Waals surface area contributed by atoms with E-state index in [0.717, 1.165) is 18.2 Å². The third-order valence-corrected chi connectivity index (χ3v) is 2.14. The van der Waals surface area contributed by atoms with Gasteiger partial charge in [0.2, 0.25) is 0 Å². The predicted octanol–water partition coefficient (Wildman–Crippen LogP) is -0.195. The fourth-order valence-corrected chi connectivity index (χ4v) is 1.32. The lowest BCUT2D eigenvalue weighted by Crippen LogP contribution is -2.28. The molecular formula is C11H11NO6. The van der Waals surface area contributed by atoms with Crippen LogP contribution in [0.25, 0.3) is 0 Å². The molecule has 0 atom stereocenters. The number of carbonyl (C=O) groups is 3. The van der Waals surface area contributed by atoms with Crippen LogP contribution in [0.1, 0.15) is 31.1 Å². The summed E-state index contributed by atoms with van der Waals surface area (Å²) in [7, 11) is 0. The smallest absolute Gasteiger partial charge is 0.336 e. The van der Waals surface area contributed by atoms with Crippen molar-refractivity contribution in [3.8, 4) is 0 Å². The van der Waals surface area contributed by atoms with E-state index < -0.39 is 23.4 Å². The minimum absolute atomic E-state index is 0.0153. The number of carboxylic acid groups (broad SMARTS) is 2. The second kappa shape index (κ2) is 5.78. The summed E-state index contributed by atoms with van der Waals surface area (Å²) < 4.78 is 0. The molecule has 1 aromatic carbocycles. The molecule has 4 N–H and O–H groups in total. The fraction of sp³-hybridized carbons (Fsp3) is 0.182. The zero-order valence-corrected chi connectivity index (χ0v) is 9.21. The number of aliphatic hydroxyl groups is 1. The molecule has 1 amide bonds. The van der Waals surface area contributed by atoms with Gasteiger partial charge >= 0.3 is 11.9 Å². The van der Waals surface area contributed by atoms with Crippen LogP contribution in [-0.2, 0) is 0 Å². The van der Waals surface area contributed by atoms with E-state index in [1.807, 2.05) is 0 Å². The Morgan fingerprint density at radius 1 is 1.06 bits per heavy atom. The van der Waals surface area contributed by atoms with E-state index in [2.05, 4.69) is 5.32 Å². The summed E-state index contributed by atoms with van der Waals surface area (Å²) in [4.78, 5) is 33.2. The van der Waals surface area contributed by atoms with Gasteiger partial charge in [0.15, 0.2) is 0 Å². The van der Waals surface area contributed by atoms with Crippen LogP contribution in [0.15, 0.2) is 18.2 Å². The Labute approximate surface area is 102 Å². The molecular weight excluding hydrogens is 242 g/mol. The Morgan fingerprint density at radius 2 is 1.72 bits per heavy atom. The number of nitrogens with one attached hydrogen (secondary N) is 1. The summed E-state index contributed by atoms with van der Waals surface area (Å²) in [6.07, 6.45) is 0. The van der Waals surface area contributed by atoms with Gasteiger partial charge in [-0.05, 0) is 18.2 Å². The van der Waals surface area contributed by atoms with Crippen molar-refractivity contribution in [1.82, 2.24) is 5.32 Å². The molecule has 0 aliphatic carbocycles. The highest BCUT2D eigenvalue weighted by Gasteiger charge is 2.18. The molecule has 0 saturated heterocycles. The lowest BCUT2D eigenvalue weighted by molar-refractivity contribution is 0.0690. The number of aliphatic hydroxyl groups excluding tert-OH is 1. The lowest BCUT2D eigenvalue weighted by atomic mass is 10.0. The van der Waals surface area contributed by atoms with Crippen molar-refractivity contribution in [2.24, 2.45) is 0 Å². The Kier molecular flexibility index (Phi) is 4.39. The quantitative estimate of drug-likeness (QED) is 0.576. The Bertz CT molecular complexity index is 496. The molecule has 7 heteroatoms. The molecule has 0 bridgehead atoms. The molecule has 1 rings (SSSR count). The molecule has 0 aliphatic heterocycles. The van der Waals surface area contributed by atoms with E-state index in [4.69, 9.17) is 15.3 Å². The molecule has 0 spiro atoms. The fourth-order valence-electron chi connectivity index (χ4n) is 1.32. The predicted molar refractivity (Wildman–Crippen MR) is 59.8 cm³/mol. The van der Waals surface area contributed by atoms with E-state index in [0.29, 0.717) is 0 Å². The van der Waals surface area contributed by atoms with Gasteiger partial charge in [0.05, 0.1) is 23.3 Å². The molecule has 0 fully saturated rings. The van der Waals surface area contributed by atoms with Gasteiger partial charge in [0, 0.05) is 6.54 Å². The first-order valence-corrected chi connectivity index (χ1v) is 4.97. The Hall–Kier alpha value is -2.41. The van der Waals surface area contributed by atoms with Crippen LogP contribution in [-0.4, -0.2) is 46.3 Å². The largest absolute Gasteiger partial charge is 0.478 e. The number of rotatable bonds is 5. The highest BCUT2D eigenvalue weighted by molar-refractivity contribution is 6.06. The second-order valence-electron chi connectivity index (χ2n) is 3.35. The van der Waals surface area contributed by atoms with Crippen molar-refractivity contribution in [1.29, 1.82) is 0 Å². The third-order valence-electron chi connectivity index (χ3n) is 2.14. The lowest BCUT2D eigenvalue weighted by Gasteiger charge is -2.07. The minimum Gasteiger partial charge on any atom is -0.478 e. The minimum atomic E-state index is -1.40. The molecule has 0 heterocycles.